The van der Waals surface area contributed by atoms with E-state index in [0.29, 0.717) is 48.9 Å². The Morgan fingerprint density at radius 1 is 1.17 bits per heavy atom. The van der Waals surface area contributed by atoms with Gasteiger partial charge in [0.2, 0.25) is 0 Å². The first-order valence-electron chi connectivity index (χ1n) is 11.6. The minimum Gasteiger partial charge on any atom is -0.378 e. The van der Waals surface area contributed by atoms with Crippen molar-refractivity contribution in [2.45, 2.75) is 13.2 Å². The Morgan fingerprint density at radius 3 is 2.67 bits per heavy atom. The van der Waals surface area contributed by atoms with E-state index in [1.165, 1.54) is 6.07 Å². The van der Waals surface area contributed by atoms with Gasteiger partial charge in [-0.25, -0.2) is 19.3 Å². The zero-order chi connectivity index (χ0) is 25.4. The molecule has 1 fully saturated rings. The number of rotatable bonds is 6. The molecule has 4 heterocycles. The maximum atomic E-state index is 15.2. The topological polar surface area (TPSA) is 139 Å². The van der Waals surface area contributed by atoms with Crippen LogP contribution >= 0.6 is 0 Å². The maximum Gasteiger partial charge on any atom is 0.158 e. The van der Waals surface area contributed by atoms with Gasteiger partial charge in [0.15, 0.2) is 11.6 Å². The highest BCUT2D eigenvalue weighted by Gasteiger charge is 2.23. The van der Waals surface area contributed by atoms with Crippen LogP contribution in [0.4, 0.5) is 27.4 Å². The van der Waals surface area contributed by atoms with Gasteiger partial charge in [0, 0.05) is 39.1 Å². The lowest BCUT2D eigenvalue weighted by Gasteiger charge is -2.30. The first-order valence-corrected chi connectivity index (χ1v) is 11.6. The van der Waals surface area contributed by atoms with Crippen molar-refractivity contribution < 1.29 is 14.2 Å². The molecule has 0 saturated carbocycles. The van der Waals surface area contributed by atoms with Crippen molar-refractivity contribution in [1.29, 1.82) is 0 Å². The SMILES string of the molecule is CNc1nc(Nc2cc(C)c(N3CCOCC3)cc2F)c(C(N)O)nc1-c1cncc2c1ncn2C. The molecule has 0 aliphatic carbocycles. The number of fused-ring (bicyclic) bond motifs is 1. The highest BCUT2D eigenvalue weighted by atomic mass is 19.1. The third-order valence-electron chi connectivity index (χ3n) is 6.22. The van der Waals surface area contributed by atoms with E-state index in [0.717, 1.165) is 16.8 Å². The molecule has 0 spiro atoms. The second-order valence-electron chi connectivity index (χ2n) is 8.60. The van der Waals surface area contributed by atoms with Gasteiger partial charge in [0.05, 0.1) is 42.5 Å². The molecule has 11 nitrogen and oxygen atoms in total. The lowest BCUT2D eigenvalue weighted by Crippen LogP contribution is -2.36. The molecule has 0 amide bonds. The van der Waals surface area contributed by atoms with Crippen molar-refractivity contribution >= 4 is 34.0 Å². The normalized spacial score (nSPS) is 14.8. The van der Waals surface area contributed by atoms with Crippen LogP contribution in [0.5, 0.6) is 0 Å². The molecule has 1 aliphatic heterocycles. The van der Waals surface area contributed by atoms with Crippen LogP contribution in [0.2, 0.25) is 0 Å². The average molecular weight is 494 g/mol. The number of nitrogens with zero attached hydrogens (tertiary/aromatic N) is 6. The molecule has 0 radical (unpaired) electrons. The van der Waals surface area contributed by atoms with Crippen molar-refractivity contribution in [2.24, 2.45) is 12.8 Å². The Morgan fingerprint density at radius 2 is 1.94 bits per heavy atom. The van der Waals surface area contributed by atoms with E-state index in [4.69, 9.17) is 10.5 Å². The van der Waals surface area contributed by atoms with Crippen LogP contribution in [0.1, 0.15) is 17.5 Å². The van der Waals surface area contributed by atoms with Crippen LogP contribution in [-0.4, -0.2) is 63.0 Å². The van der Waals surface area contributed by atoms with Crippen LogP contribution in [0.25, 0.3) is 22.3 Å². The molecule has 36 heavy (non-hydrogen) atoms. The summed E-state index contributed by atoms with van der Waals surface area (Å²) in [5.41, 5.74) is 10.3. The van der Waals surface area contributed by atoms with Gasteiger partial charge in [-0.2, -0.15) is 0 Å². The number of hydrogen-bond acceptors (Lipinski definition) is 10. The minimum absolute atomic E-state index is 0.0613. The predicted octanol–water partition coefficient (Wildman–Crippen LogP) is 2.44. The monoisotopic (exact) mass is 493 g/mol. The molecule has 1 atom stereocenters. The Balaban J connectivity index is 1.56. The van der Waals surface area contributed by atoms with Gasteiger partial charge in [0.25, 0.3) is 0 Å². The van der Waals surface area contributed by atoms with Crippen LogP contribution in [0.15, 0.2) is 30.9 Å². The third-order valence-corrected chi connectivity index (χ3v) is 6.22. The summed E-state index contributed by atoms with van der Waals surface area (Å²) >= 11 is 0. The Labute approximate surface area is 207 Å². The molecule has 188 valence electrons. The number of imidazole rings is 1. The van der Waals surface area contributed by atoms with E-state index in [9.17, 15) is 5.11 Å². The number of aliphatic hydroxyl groups excluding tert-OH is 1. The number of aryl methyl sites for hydroxylation is 2. The van der Waals surface area contributed by atoms with Crippen molar-refractivity contribution in [3.05, 3.63) is 47.9 Å². The van der Waals surface area contributed by atoms with E-state index >= 15 is 4.39 Å². The molecule has 12 heteroatoms. The number of halogens is 1. The van der Waals surface area contributed by atoms with Gasteiger partial charge >= 0.3 is 0 Å². The summed E-state index contributed by atoms with van der Waals surface area (Å²) < 4.78 is 22.5. The van der Waals surface area contributed by atoms with Crippen LogP contribution in [0, 0.1) is 12.7 Å². The van der Waals surface area contributed by atoms with Gasteiger partial charge in [0.1, 0.15) is 28.9 Å². The quantitative estimate of drug-likeness (QED) is 0.296. The number of anilines is 4. The van der Waals surface area contributed by atoms with E-state index in [-0.39, 0.29) is 17.2 Å². The highest BCUT2D eigenvalue weighted by molar-refractivity contribution is 5.93. The largest absolute Gasteiger partial charge is 0.378 e. The molecule has 0 bridgehead atoms. The smallest absolute Gasteiger partial charge is 0.158 e. The fraction of sp³-hybridized carbons (Fsp3) is 0.333. The first-order chi connectivity index (χ1) is 17.4. The predicted molar refractivity (Wildman–Crippen MR) is 136 cm³/mol. The van der Waals surface area contributed by atoms with Crippen LogP contribution in [-0.2, 0) is 11.8 Å². The minimum atomic E-state index is -1.46. The van der Waals surface area contributed by atoms with Crippen molar-refractivity contribution in [3.8, 4) is 11.3 Å². The first kappa shape index (κ1) is 23.9. The number of ether oxygens (including phenoxy) is 1. The fourth-order valence-corrected chi connectivity index (χ4v) is 4.36. The summed E-state index contributed by atoms with van der Waals surface area (Å²) in [5.74, 6) is 0.0690. The molecule has 3 aromatic heterocycles. The maximum absolute atomic E-state index is 15.2. The lowest BCUT2D eigenvalue weighted by molar-refractivity contribution is 0.122. The molecule has 5 N–H and O–H groups in total. The summed E-state index contributed by atoms with van der Waals surface area (Å²) in [6, 6.07) is 3.20. The molecule has 5 rings (SSSR count). The van der Waals surface area contributed by atoms with Gasteiger partial charge < -0.3 is 35.7 Å². The second kappa shape index (κ2) is 9.64. The number of benzene rings is 1. The molecule has 4 aromatic rings. The summed E-state index contributed by atoms with van der Waals surface area (Å²) in [6.07, 6.45) is 3.56. The molecule has 1 unspecified atom stereocenters. The Hall–Kier alpha value is -3.87. The fourth-order valence-electron chi connectivity index (χ4n) is 4.36. The molecule has 1 aromatic carbocycles. The number of hydrogen-bond donors (Lipinski definition) is 4. The standard InChI is InChI=1S/C24H28FN9O2/c1-13-8-16(15(25)9-17(13)34-4-6-36-7-5-34)30-24-21(22(26)35)31-20(23(27-2)32-24)14-10-28-11-18-19(14)29-12-33(18)3/h8-12,22,35H,4-7,26H2,1-3H3,(H2,27,30,32). The zero-order valence-corrected chi connectivity index (χ0v) is 20.3. The number of nitrogens with two attached hydrogens (primary N) is 1. The number of nitrogens with one attached hydrogen (secondary N) is 2. The second-order valence-corrected chi connectivity index (χ2v) is 8.60. The summed E-state index contributed by atoms with van der Waals surface area (Å²) in [6.45, 7) is 4.53. The van der Waals surface area contributed by atoms with Gasteiger partial charge in [-0.05, 0) is 24.6 Å². The van der Waals surface area contributed by atoms with E-state index in [1.807, 2.05) is 18.5 Å². The number of aromatic nitrogens is 5. The highest BCUT2D eigenvalue weighted by Crippen LogP contribution is 2.35. The number of aliphatic hydroxyl groups is 1. The molecular weight excluding hydrogens is 465 g/mol. The van der Waals surface area contributed by atoms with Crippen molar-refractivity contribution in [3.63, 3.8) is 0 Å². The van der Waals surface area contributed by atoms with E-state index < -0.39 is 12.0 Å². The van der Waals surface area contributed by atoms with Crippen molar-refractivity contribution in [1.82, 2.24) is 24.5 Å². The summed E-state index contributed by atoms with van der Waals surface area (Å²) in [7, 11) is 3.57. The van der Waals surface area contributed by atoms with Crippen LogP contribution < -0.4 is 21.3 Å². The third kappa shape index (κ3) is 4.30. The van der Waals surface area contributed by atoms with Crippen LogP contribution in [0.3, 0.4) is 0 Å². The van der Waals surface area contributed by atoms with Gasteiger partial charge in [-0.1, -0.05) is 0 Å². The Kier molecular flexibility index (Phi) is 6.39. The van der Waals surface area contributed by atoms with Gasteiger partial charge in [-0.15, -0.1) is 0 Å². The Bertz CT molecular complexity index is 1420. The lowest BCUT2D eigenvalue weighted by atomic mass is 10.1. The van der Waals surface area contributed by atoms with Crippen molar-refractivity contribution in [2.75, 3.05) is 48.9 Å². The summed E-state index contributed by atoms with van der Waals surface area (Å²) in [5, 5.41) is 16.3. The molecular formula is C24H28FN9O2. The van der Waals surface area contributed by atoms with E-state index in [1.54, 1.807) is 31.8 Å². The molecule has 1 aliphatic rings. The van der Waals surface area contributed by atoms with E-state index in [2.05, 4.69) is 35.5 Å². The zero-order valence-electron chi connectivity index (χ0n) is 20.3. The number of pyridine rings is 1. The summed E-state index contributed by atoms with van der Waals surface area (Å²) in [4.78, 5) is 20.1. The average Bonchev–Trinajstić information content (AvgIpc) is 3.27. The number of morpholine rings is 1. The molecule has 1 saturated heterocycles. The van der Waals surface area contributed by atoms with Gasteiger partial charge in [-0.3, -0.25) is 4.98 Å².